The fraction of sp³-hybridized carbons (Fsp3) is 0.368. The zero-order chi connectivity index (χ0) is 17.6. The van der Waals surface area contributed by atoms with Crippen LogP contribution in [-0.4, -0.2) is 42.5 Å². The number of benzene rings is 1. The second kappa shape index (κ2) is 8.32. The summed E-state index contributed by atoms with van der Waals surface area (Å²) in [5.41, 5.74) is 1.61. The summed E-state index contributed by atoms with van der Waals surface area (Å²) in [7, 11) is 1.68. The third-order valence-electron chi connectivity index (χ3n) is 4.52. The van der Waals surface area contributed by atoms with E-state index in [1.165, 1.54) is 19.0 Å². The Labute approximate surface area is 153 Å². The summed E-state index contributed by atoms with van der Waals surface area (Å²) in [5.74, 6) is 0.698. The zero-order valence-corrected chi connectivity index (χ0v) is 15.0. The summed E-state index contributed by atoms with van der Waals surface area (Å²) in [4.78, 5) is 18.8. The van der Waals surface area contributed by atoms with Gasteiger partial charge in [-0.05, 0) is 44.1 Å². The molecule has 0 bridgehead atoms. The lowest BCUT2D eigenvalue weighted by Gasteiger charge is -2.29. The average Bonchev–Trinajstić information content (AvgIpc) is 3.16. The topological polar surface area (TPSA) is 54.5 Å². The second-order valence-electron chi connectivity index (χ2n) is 6.08. The van der Waals surface area contributed by atoms with E-state index in [1.54, 1.807) is 19.2 Å². The molecule has 1 aliphatic rings. The molecule has 1 aromatic heterocycles. The Balaban J connectivity index is 1.77. The van der Waals surface area contributed by atoms with E-state index in [4.69, 9.17) is 16.3 Å². The molecule has 0 saturated carbocycles. The van der Waals surface area contributed by atoms with Crippen LogP contribution in [0.4, 0.5) is 0 Å². The maximum Gasteiger partial charge on any atom is 0.251 e. The van der Waals surface area contributed by atoms with Crippen molar-refractivity contribution in [2.75, 3.05) is 26.7 Å². The smallest absolute Gasteiger partial charge is 0.251 e. The number of hydrogen-bond acceptors (Lipinski definition) is 4. The third kappa shape index (κ3) is 4.30. The highest BCUT2D eigenvalue weighted by molar-refractivity contribution is 6.29. The Morgan fingerprint density at radius 1 is 1.32 bits per heavy atom. The number of amides is 1. The van der Waals surface area contributed by atoms with Crippen molar-refractivity contribution < 1.29 is 9.53 Å². The van der Waals surface area contributed by atoms with Gasteiger partial charge in [0.15, 0.2) is 0 Å². The number of hydrogen-bond donors (Lipinski definition) is 1. The summed E-state index contributed by atoms with van der Waals surface area (Å²) in [6.45, 7) is 2.57. The lowest BCUT2D eigenvalue weighted by molar-refractivity contribution is 0.0937. The van der Waals surface area contributed by atoms with Crippen LogP contribution in [0.25, 0.3) is 0 Å². The molecule has 2 heterocycles. The molecule has 5 nitrogen and oxygen atoms in total. The average molecular weight is 360 g/mol. The highest BCUT2D eigenvalue weighted by Gasteiger charge is 2.26. The van der Waals surface area contributed by atoms with Crippen molar-refractivity contribution in [3.8, 4) is 5.75 Å². The fourth-order valence-electron chi connectivity index (χ4n) is 3.27. The van der Waals surface area contributed by atoms with Crippen LogP contribution >= 0.6 is 11.6 Å². The normalized spacial score (nSPS) is 15.8. The minimum atomic E-state index is -0.150. The van der Waals surface area contributed by atoms with E-state index in [0.717, 1.165) is 24.4 Å². The number of methoxy groups -OCH3 is 1. The van der Waals surface area contributed by atoms with Crippen LogP contribution < -0.4 is 10.1 Å². The number of nitrogens with zero attached hydrogens (tertiary/aromatic N) is 2. The summed E-state index contributed by atoms with van der Waals surface area (Å²) in [6, 6.07) is 11.3. The van der Waals surface area contributed by atoms with Crippen LogP contribution in [0.1, 0.15) is 34.8 Å². The summed E-state index contributed by atoms with van der Waals surface area (Å²) >= 11 is 5.87. The van der Waals surface area contributed by atoms with Gasteiger partial charge in [0.1, 0.15) is 10.9 Å². The Hall–Kier alpha value is -2.11. The van der Waals surface area contributed by atoms with Gasteiger partial charge in [-0.1, -0.05) is 29.8 Å². The number of likely N-dealkylation sites (tertiary alicyclic amines) is 1. The van der Waals surface area contributed by atoms with E-state index in [1.807, 2.05) is 18.2 Å². The minimum Gasteiger partial charge on any atom is -0.496 e. The van der Waals surface area contributed by atoms with Crippen molar-refractivity contribution in [1.82, 2.24) is 15.2 Å². The predicted molar refractivity (Wildman–Crippen MR) is 98.1 cm³/mol. The van der Waals surface area contributed by atoms with Crippen LogP contribution in [0.15, 0.2) is 42.6 Å². The molecule has 3 rings (SSSR count). The highest BCUT2D eigenvalue weighted by Crippen LogP contribution is 2.31. The Bertz CT molecular complexity index is 732. The van der Waals surface area contributed by atoms with Crippen molar-refractivity contribution in [3.63, 3.8) is 0 Å². The lowest BCUT2D eigenvalue weighted by atomic mass is 10.0. The molecule has 132 valence electrons. The summed E-state index contributed by atoms with van der Waals surface area (Å²) in [6.07, 6.45) is 3.90. The Morgan fingerprint density at radius 3 is 2.80 bits per heavy atom. The van der Waals surface area contributed by atoms with E-state index < -0.39 is 0 Å². The van der Waals surface area contributed by atoms with Crippen LogP contribution in [0, 0.1) is 0 Å². The minimum absolute atomic E-state index is 0.0832. The number of carbonyl (C=O) groups is 1. The number of halogens is 1. The molecule has 1 fully saturated rings. The molecule has 1 amide bonds. The van der Waals surface area contributed by atoms with Crippen molar-refractivity contribution in [1.29, 1.82) is 0 Å². The summed E-state index contributed by atoms with van der Waals surface area (Å²) in [5, 5.41) is 3.34. The van der Waals surface area contributed by atoms with Crippen molar-refractivity contribution >= 4 is 17.5 Å². The number of aromatic nitrogens is 1. The van der Waals surface area contributed by atoms with E-state index in [-0.39, 0.29) is 11.9 Å². The molecule has 1 N–H and O–H groups in total. The monoisotopic (exact) mass is 359 g/mol. The van der Waals surface area contributed by atoms with Gasteiger partial charge >= 0.3 is 0 Å². The Morgan fingerprint density at radius 2 is 2.08 bits per heavy atom. The number of pyridine rings is 1. The molecule has 2 aromatic rings. The largest absolute Gasteiger partial charge is 0.496 e. The van der Waals surface area contributed by atoms with Gasteiger partial charge in [0.05, 0.1) is 13.2 Å². The SMILES string of the molecule is COc1ccccc1C(CNC(=O)c1ccnc(Cl)c1)N1CCCC1. The van der Waals surface area contributed by atoms with Gasteiger partial charge in [-0.25, -0.2) is 4.98 Å². The number of carbonyl (C=O) groups excluding carboxylic acids is 1. The first-order chi connectivity index (χ1) is 12.2. The van der Waals surface area contributed by atoms with Crippen LogP contribution in [-0.2, 0) is 0 Å². The molecule has 1 saturated heterocycles. The third-order valence-corrected chi connectivity index (χ3v) is 4.73. The molecular formula is C19H22ClN3O2. The summed E-state index contributed by atoms with van der Waals surface area (Å²) < 4.78 is 5.53. The number of para-hydroxylation sites is 1. The molecule has 6 heteroatoms. The van der Waals surface area contributed by atoms with E-state index >= 15 is 0 Å². The molecule has 1 atom stereocenters. The highest BCUT2D eigenvalue weighted by atomic mass is 35.5. The molecule has 1 unspecified atom stereocenters. The predicted octanol–water partition coefficient (Wildman–Crippen LogP) is 3.31. The number of rotatable bonds is 6. The molecule has 1 aliphatic heterocycles. The van der Waals surface area contributed by atoms with Gasteiger partial charge in [-0.15, -0.1) is 0 Å². The standard InChI is InChI=1S/C19H22ClN3O2/c1-25-17-7-3-2-6-15(17)16(23-10-4-5-11-23)13-22-19(24)14-8-9-21-18(20)12-14/h2-3,6-9,12,16H,4-5,10-11,13H2,1H3,(H,22,24). The fourth-order valence-corrected chi connectivity index (χ4v) is 3.44. The van der Waals surface area contributed by atoms with Gasteiger partial charge in [-0.2, -0.15) is 0 Å². The Kier molecular flexibility index (Phi) is 5.89. The first-order valence-electron chi connectivity index (χ1n) is 8.46. The van der Waals surface area contributed by atoms with Gasteiger partial charge in [0.25, 0.3) is 5.91 Å². The molecule has 1 aromatic carbocycles. The van der Waals surface area contributed by atoms with Crippen molar-refractivity contribution in [2.24, 2.45) is 0 Å². The lowest BCUT2D eigenvalue weighted by Crippen LogP contribution is -2.37. The van der Waals surface area contributed by atoms with Crippen LogP contribution in [0.2, 0.25) is 5.15 Å². The van der Waals surface area contributed by atoms with Gasteiger partial charge in [0.2, 0.25) is 0 Å². The van der Waals surface area contributed by atoms with Crippen LogP contribution in [0.3, 0.4) is 0 Å². The molecule has 0 aliphatic carbocycles. The number of ether oxygens (including phenoxy) is 1. The molecule has 25 heavy (non-hydrogen) atoms. The van der Waals surface area contributed by atoms with E-state index in [2.05, 4.69) is 21.3 Å². The second-order valence-corrected chi connectivity index (χ2v) is 6.47. The first-order valence-corrected chi connectivity index (χ1v) is 8.83. The van der Waals surface area contributed by atoms with Crippen LogP contribution in [0.5, 0.6) is 5.75 Å². The van der Waals surface area contributed by atoms with Gasteiger partial charge in [0, 0.05) is 23.9 Å². The molecule has 0 spiro atoms. The first kappa shape index (κ1) is 17.7. The maximum absolute atomic E-state index is 12.5. The van der Waals surface area contributed by atoms with Gasteiger partial charge < -0.3 is 10.1 Å². The molecular weight excluding hydrogens is 338 g/mol. The number of nitrogens with one attached hydrogen (secondary N) is 1. The quantitative estimate of drug-likeness (QED) is 0.804. The van der Waals surface area contributed by atoms with Crippen molar-refractivity contribution in [2.45, 2.75) is 18.9 Å². The van der Waals surface area contributed by atoms with Gasteiger partial charge in [-0.3, -0.25) is 9.69 Å². The molecule has 0 radical (unpaired) electrons. The van der Waals surface area contributed by atoms with E-state index in [0.29, 0.717) is 17.3 Å². The maximum atomic E-state index is 12.5. The van der Waals surface area contributed by atoms with E-state index in [9.17, 15) is 4.79 Å². The van der Waals surface area contributed by atoms with Crippen molar-refractivity contribution in [3.05, 3.63) is 58.9 Å². The zero-order valence-electron chi connectivity index (χ0n) is 14.2.